The Morgan fingerprint density at radius 3 is 2.67 bits per heavy atom. The van der Waals surface area contributed by atoms with E-state index in [1.54, 1.807) is 31.2 Å². The van der Waals surface area contributed by atoms with Crippen LogP contribution in [0.15, 0.2) is 46.9 Å². The second-order valence-corrected chi connectivity index (χ2v) is 4.83. The van der Waals surface area contributed by atoms with E-state index in [0.717, 1.165) is 6.07 Å². The lowest BCUT2D eigenvalue weighted by Crippen LogP contribution is -2.08. The van der Waals surface area contributed by atoms with Gasteiger partial charge < -0.3 is 14.3 Å². The third-order valence-corrected chi connectivity index (χ3v) is 3.02. The van der Waals surface area contributed by atoms with Crippen molar-refractivity contribution >= 4 is 11.8 Å². The van der Waals surface area contributed by atoms with Crippen LogP contribution in [0.5, 0.6) is 11.5 Å². The number of halogens is 1. The van der Waals surface area contributed by atoms with E-state index in [1.165, 1.54) is 12.1 Å². The number of nitrogens with one attached hydrogen (secondary N) is 1. The minimum atomic E-state index is -1.34. The molecule has 0 aliphatic rings. The van der Waals surface area contributed by atoms with Crippen molar-refractivity contribution in [3.63, 3.8) is 0 Å². The van der Waals surface area contributed by atoms with Crippen molar-refractivity contribution in [2.24, 2.45) is 0 Å². The second kappa shape index (κ2) is 6.37. The highest BCUT2D eigenvalue weighted by atomic mass is 19.1. The highest BCUT2D eigenvalue weighted by molar-refractivity contribution is 5.83. The van der Waals surface area contributed by atoms with Crippen LogP contribution >= 0.6 is 0 Å². The van der Waals surface area contributed by atoms with Crippen LogP contribution in [0.4, 0.5) is 14.9 Å². The molecule has 0 atom stereocenters. The van der Waals surface area contributed by atoms with Crippen LogP contribution in [-0.4, -0.2) is 21.4 Å². The van der Waals surface area contributed by atoms with Crippen molar-refractivity contribution in [2.45, 2.75) is 6.92 Å². The highest BCUT2D eigenvalue weighted by Crippen LogP contribution is 2.28. The molecule has 0 aliphatic carbocycles. The van der Waals surface area contributed by atoms with E-state index in [1.807, 2.05) is 5.32 Å². The molecule has 3 aromatic rings. The fourth-order valence-electron chi connectivity index (χ4n) is 2.02. The van der Waals surface area contributed by atoms with Gasteiger partial charge in [0.1, 0.15) is 11.5 Å². The number of aromatic nitrogens is 2. The molecule has 0 saturated heterocycles. The summed E-state index contributed by atoms with van der Waals surface area (Å²) in [6, 6.07) is 10.7. The molecule has 122 valence electrons. The standard InChI is InChI=1S/C16H12FN3O4/c1-9-19-20-15(23-9)10-3-2-4-11(7-10)24-12-5-6-14(13(17)8-12)18-16(21)22/h2-8,18H,1H3,(H,21,22). The van der Waals surface area contributed by atoms with Crippen LogP contribution in [0.25, 0.3) is 11.5 Å². The van der Waals surface area contributed by atoms with Crippen LogP contribution < -0.4 is 10.1 Å². The minimum Gasteiger partial charge on any atom is -0.465 e. The Bertz CT molecular complexity index is 895. The molecule has 1 heterocycles. The number of aryl methyl sites for hydroxylation is 1. The zero-order chi connectivity index (χ0) is 17.1. The fourth-order valence-corrected chi connectivity index (χ4v) is 2.02. The number of carbonyl (C=O) groups is 1. The predicted molar refractivity (Wildman–Crippen MR) is 82.6 cm³/mol. The average Bonchev–Trinajstić information content (AvgIpc) is 2.97. The summed E-state index contributed by atoms with van der Waals surface area (Å²) >= 11 is 0. The van der Waals surface area contributed by atoms with Crippen molar-refractivity contribution in [3.05, 3.63) is 54.2 Å². The van der Waals surface area contributed by atoms with Crippen molar-refractivity contribution < 1.29 is 23.4 Å². The zero-order valence-corrected chi connectivity index (χ0v) is 12.5. The van der Waals surface area contributed by atoms with Crippen LogP contribution in [0, 0.1) is 12.7 Å². The van der Waals surface area contributed by atoms with E-state index in [9.17, 15) is 9.18 Å². The number of benzene rings is 2. The smallest absolute Gasteiger partial charge is 0.409 e. The molecule has 0 fully saturated rings. The number of hydrogen-bond acceptors (Lipinski definition) is 5. The SMILES string of the molecule is Cc1nnc(-c2cccc(Oc3ccc(NC(=O)O)c(F)c3)c2)o1. The van der Waals surface area contributed by atoms with Crippen LogP contribution in [-0.2, 0) is 0 Å². The Kier molecular flexibility index (Phi) is 4.11. The van der Waals surface area contributed by atoms with Gasteiger partial charge in [-0.25, -0.2) is 9.18 Å². The third-order valence-electron chi connectivity index (χ3n) is 3.02. The first-order valence-electron chi connectivity index (χ1n) is 6.89. The maximum Gasteiger partial charge on any atom is 0.409 e. The number of ether oxygens (including phenoxy) is 1. The van der Waals surface area contributed by atoms with E-state index in [0.29, 0.717) is 23.1 Å². The fraction of sp³-hybridized carbons (Fsp3) is 0.0625. The number of rotatable bonds is 4. The summed E-state index contributed by atoms with van der Waals surface area (Å²) in [5, 5.41) is 18.2. The largest absolute Gasteiger partial charge is 0.465 e. The lowest BCUT2D eigenvalue weighted by Gasteiger charge is -2.08. The Balaban J connectivity index is 1.81. The van der Waals surface area contributed by atoms with E-state index in [4.69, 9.17) is 14.3 Å². The van der Waals surface area contributed by atoms with Gasteiger partial charge in [0.05, 0.1) is 5.69 Å². The average molecular weight is 329 g/mol. The normalized spacial score (nSPS) is 10.4. The summed E-state index contributed by atoms with van der Waals surface area (Å²) in [5.74, 6) is 0.729. The molecule has 2 N–H and O–H groups in total. The Labute approximate surface area is 135 Å². The summed E-state index contributed by atoms with van der Waals surface area (Å²) in [6.45, 7) is 1.69. The summed E-state index contributed by atoms with van der Waals surface area (Å²) in [7, 11) is 0. The molecule has 24 heavy (non-hydrogen) atoms. The molecule has 0 bridgehead atoms. The molecule has 0 radical (unpaired) electrons. The van der Waals surface area contributed by atoms with Gasteiger partial charge in [-0.2, -0.15) is 0 Å². The molecule has 1 amide bonds. The summed E-state index contributed by atoms with van der Waals surface area (Å²) in [5.41, 5.74) is 0.516. The molecular formula is C16H12FN3O4. The van der Waals surface area contributed by atoms with E-state index in [-0.39, 0.29) is 11.4 Å². The topological polar surface area (TPSA) is 97.5 Å². The molecule has 7 nitrogen and oxygen atoms in total. The number of carboxylic acid groups (broad SMARTS) is 1. The number of hydrogen-bond donors (Lipinski definition) is 2. The number of anilines is 1. The van der Waals surface area contributed by atoms with Gasteiger partial charge in [-0.15, -0.1) is 10.2 Å². The Morgan fingerprint density at radius 1 is 1.21 bits per heavy atom. The molecule has 3 rings (SSSR count). The molecule has 8 heteroatoms. The van der Waals surface area contributed by atoms with Crippen molar-refractivity contribution in [1.82, 2.24) is 10.2 Å². The van der Waals surface area contributed by atoms with Gasteiger partial charge >= 0.3 is 6.09 Å². The van der Waals surface area contributed by atoms with Crippen molar-refractivity contribution in [2.75, 3.05) is 5.32 Å². The van der Waals surface area contributed by atoms with Gasteiger partial charge in [0.2, 0.25) is 11.8 Å². The van der Waals surface area contributed by atoms with Crippen LogP contribution in [0.2, 0.25) is 0 Å². The van der Waals surface area contributed by atoms with E-state index < -0.39 is 11.9 Å². The number of nitrogens with zero attached hydrogens (tertiary/aromatic N) is 2. The van der Waals surface area contributed by atoms with Gasteiger partial charge in [0, 0.05) is 18.6 Å². The summed E-state index contributed by atoms with van der Waals surface area (Å²) in [4.78, 5) is 10.5. The second-order valence-electron chi connectivity index (χ2n) is 4.83. The van der Waals surface area contributed by atoms with Crippen molar-refractivity contribution in [3.8, 4) is 23.0 Å². The summed E-state index contributed by atoms with van der Waals surface area (Å²) in [6.07, 6.45) is -1.34. The Morgan fingerprint density at radius 2 is 2.00 bits per heavy atom. The molecule has 0 unspecified atom stereocenters. The zero-order valence-electron chi connectivity index (χ0n) is 12.5. The third kappa shape index (κ3) is 3.49. The van der Waals surface area contributed by atoms with Crippen molar-refractivity contribution in [1.29, 1.82) is 0 Å². The monoisotopic (exact) mass is 329 g/mol. The molecule has 1 aromatic heterocycles. The lowest BCUT2D eigenvalue weighted by atomic mass is 10.2. The number of amides is 1. The summed E-state index contributed by atoms with van der Waals surface area (Å²) < 4.78 is 24.7. The quantitative estimate of drug-likeness (QED) is 0.749. The molecule has 0 saturated carbocycles. The first-order chi connectivity index (χ1) is 11.5. The predicted octanol–water partition coefficient (Wildman–Crippen LogP) is 4.07. The van der Waals surface area contributed by atoms with Crippen LogP contribution in [0.1, 0.15) is 5.89 Å². The molecule has 2 aromatic carbocycles. The first kappa shape index (κ1) is 15.5. The maximum atomic E-state index is 13.8. The maximum absolute atomic E-state index is 13.8. The van der Waals surface area contributed by atoms with E-state index >= 15 is 0 Å². The Hall–Kier alpha value is -3.42. The molecule has 0 aliphatic heterocycles. The van der Waals surface area contributed by atoms with Gasteiger partial charge in [-0.3, -0.25) is 5.32 Å². The van der Waals surface area contributed by atoms with Gasteiger partial charge in [0.25, 0.3) is 0 Å². The van der Waals surface area contributed by atoms with Gasteiger partial charge in [0.15, 0.2) is 5.82 Å². The van der Waals surface area contributed by atoms with Gasteiger partial charge in [-0.05, 0) is 30.3 Å². The lowest BCUT2D eigenvalue weighted by molar-refractivity contribution is 0.209. The molecule has 0 spiro atoms. The molecular weight excluding hydrogens is 317 g/mol. The van der Waals surface area contributed by atoms with Gasteiger partial charge in [-0.1, -0.05) is 6.07 Å². The van der Waals surface area contributed by atoms with Crippen LogP contribution in [0.3, 0.4) is 0 Å². The van der Waals surface area contributed by atoms with E-state index in [2.05, 4.69) is 10.2 Å². The highest BCUT2D eigenvalue weighted by Gasteiger charge is 2.10. The first-order valence-corrected chi connectivity index (χ1v) is 6.89. The minimum absolute atomic E-state index is 0.148.